The molecule has 0 radical (unpaired) electrons. The smallest absolute Gasteiger partial charge is 0.255 e. The zero-order valence-electron chi connectivity index (χ0n) is 13.1. The van der Waals surface area contributed by atoms with E-state index in [-0.39, 0.29) is 5.56 Å². The molecule has 6 heteroatoms. The molecule has 118 valence electrons. The van der Waals surface area contributed by atoms with Crippen molar-refractivity contribution in [3.8, 4) is 17.2 Å². The number of benzene rings is 1. The summed E-state index contributed by atoms with van der Waals surface area (Å²) in [5, 5.41) is 0. The molecule has 1 aromatic heterocycles. The van der Waals surface area contributed by atoms with Crippen molar-refractivity contribution in [2.24, 2.45) is 12.8 Å². The Hall–Kier alpha value is -2.47. The molecule has 1 heterocycles. The lowest BCUT2D eigenvalue weighted by atomic mass is 9.99. The van der Waals surface area contributed by atoms with Crippen molar-refractivity contribution in [2.75, 3.05) is 21.3 Å². The minimum atomic E-state index is -0.630. The largest absolute Gasteiger partial charge is 0.493 e. The average molecular weight is 304 g/mol. The van der Waals surface area contributed by atoms with Gasteiger partial charge in [-0.15, -0.1) is 0 Å². The third kappa shape index (κ3) is 2.65. The number of ether oxygens (including phenoxy) is 3. The summed E-state index contributed by atoms with van der Waals surface area (Å²) >= 11 is 0. The predicted octanol–water partition coefficient (Wildman–Crippen LogP) is 1.46. The van der Waals surface area contributed by atoms with Gasteiger partial charge >= 0.3 is 0 Å². The number of nitrogens with zero attached hydrogens (tertiary/aromatic N) is 1. The van der Waals surface area contributed by atoms with Crippen LogP contribution in [-0.4, -0.2) is 25.9 Å². The van der Waals surface area contributed by atoms with Gasteiger partial charge in [0.2, 0.25) is 5.75 Å². The second kappa shape index (κ2) is 6.53. The second-order valence-corrected chi connectivity index (χ2v) is 4.78. The Balaban J connectivity index is 2.61. The van der Waals surface area contributed by atoms with Gasteiger partial charge in [0.1, 0.15) is 0 Å². The van der Waals surface area contributed by atoms with E-state index in [0.29, 0.717) is 28.4 Å². The van der Waals surface area contributed by atoms with Gasteiger partial charge in [0.05, 0.1) is 27.4 Å². The quantitative estimate of drug-likeness (QED) is 0.905. The molecule has 0 spiro atoms. The highest BCUT2D eigenvalue weighted by Crippen LogP contribution is 2.42. The molecule has 2 aromatic rings. The van der Waals surface area contributed by atoms with Crippen molar-refractivity contribution in [1.29, 1.82) is 0 Å². The fourth-order valence-electron chi connectivity index (χ4n) is 2.39. The maximum atomic E-state index is 12.2. The molecule has 0 saturated carbocycles. The standard InChI is InChI=1S/C16H20N2O4/c1-18-9-5-6-11(16(18)19)13(17)10-7-8-12(20-2)15(22-4)14(10)21-3/h5-9,13H,17H2,1-4H3. The van der Waals surface area contributed by atoms with Crippen molar-refractivity contribution in [1.82, 2.24) is 4.57 Å². The maximum Gasteiger partial charge on any atom is 0.255 e. The monoisotopic (exact) mass is 304 g/mol. The van der Waals surface area contributed by atoms with Crippen LogP contribution in [0.15, 0.2) is 35.3 Å². The zero-order chi connectivity index (χ0) is 16.3. The van der Waals surface area contributed by atoms with Gasteiger partial charge in [-0.2, -0.15) is 0 Å². The molecule has 1 unspecified atom stereocenters. The van der Waals surface area contributed by atoms with E-state index >= 15 is 0 Å². The number of methoxy groups -OCH3 is 3. The Morgan fingerprint density at radius 1 is 1.00 bits per heavy atom. The third-order valence-corrected chi connectivity index (χ3v) is 3.56. The van der Waals surface area contributed by atoms with E-state index in [4.69, 9.17) is 19.9 Å². The van der Waals surface area contributed by atoms with Crippen molar-refractivity contribution in [3.63, 3.8) is 0 Å². The van der Waals surface area contributed by atoms with E-state index in [2.05, 4.69) is 0 Å². The molecular formula is C16H20N2O4. The maximum absolute atomic E-state index is 12.2. The van der Waals surface area contributed by atoms with E-state index in [1.54, 1.807) is 44.6 Å². The number of aryl methyl sites for hydroxylation is 1. The molecule has 0 aliphatic carbocycles. The van der Waals surface area contributed by atoms with Gasteiger partial charge in [0.25, 0.3) is 5.56 Å². The molecule has 1 aromatic carbocycles. The van der Waals surface area contributed by atoms with Crippen LogP contribution in [0.4, 0.5) is 0 Å². The lowest BCUT2D eigenvalue weighted by molar-refractivity contribution is 0.321. The fourth-order valence-corrected chi connectivity index (χ4v) is 2.39. The van der Waals surface area contributed by atoms with Crippen LogP contribution in [0.3, 0.4) is 0 Å². The van der Waals surface area contributed by atoms with Crippen LogP contribution in [0.5, 0.6) is 17.2 Å². The molecule has 0 saturated heterocycles. The summed E-state index contributed by atoms with van der Waals surface area (Å²) in [4.78, 5) is 12.2. The molecule has 1 atom stereocenters. The van der Waals surface area contributed by atoms with Crippen LogP contribution >= 0.6 is 0 Å². The van der Waals surface area contributed by atoms with Crippen LogP contribution in [0.2, 0.25) is 0 Å². The Morgan fingerprint density at radius 2 is 1.68 bits per heavy atom. The van der Waals surface area contributed by atoms with Gasteiger partial charge in [-0.3, -0.25) is 4.79 Å². The van der Waals surface area contributed by atoms with E-state index in [9.17, 15) is 4.79 Å². The SMILES string of the molecule is COc1ccc(C(N)c2cccn(C)c2=O)c(OC)c1OC. The van der Waals surface area contributed by atoms with Gasteiger partial charge in [0.15, 0.2) is 11.5 Å². The second-order valence-electron chi connectivity index (χ2n) is 4.78. The zero-order valence-corrected chi connectivity index (χ0v) is 13.1. The molecule has 22 heavy (non-hydrogen) atoms. The summed E-state index contributed by atoms with van der Waals surface area (Å²) in [5.74, 6) is 1.45. The van der Waals surface area contributed by atoms with Gasteiger partial charge in [-0.1, -0.05) is 6.07 Å². The van der Waals surface area contributed by atoms with Crippen LogP contribution in [0, 0.1) is 0 Å². The van der Waals surface area contributed by atoms with Gasteiger partial charge < -0.3 is 24.5 Å². The number of aromatic nitrogens is 1. The van der Waals surface area contributed by atoms with Crippen LogP contribution in [-0.2, 0) is 7.05 Å². The van der Waals surface area contributed by atoms with Crippen LogP contribution in [0.25, 0.3) is 0 Å². The first-order valence-electron chi connectivity index (χ1n) is 6.75. The van der Waals surface area contributed by atoms with Gasteiger partial charge in [-0.25, -0.2) is 0 Å². The number of nitrogens with two attached hydrogens (primary N) is 1. The topological polar surface area (TPSA) is 75.7 Å². The first kappa shape index (κ1) is 15.9. The number of hydrogen-bond donors (Lipinski definition) is 1. The Labute approximate surface area is 129 Å². The van der Waals surface area contributed by atoms with Gasteiger partial charge in [0, 0.05) is 24.4 Å². The van der Waals surface area contributed by atoms with E-state index in [0.717, 1.165) is 0 Å². The fraction of sp³-hybridized carbons (Fsp3) is 0.312. The minimum Gasteiger partial charge on any atom is -0.493 e. The lowest BCUT2D eigenvalue weighted by Gasteiger charge is -2.19. The highest BCUT2D eigenvalue weighted by molar-refractivity contribution is 5.57. The van der Waals surface area contributed by atoms with E-state index < -0.39 is 6.04 Å². The summed E-state index contributed by atoms with van der Waals surface area (Å²) in [6, 6.07) is 6.38. The Bertz CT molecular complexity index is 725. The molecule has 0 aliphatic rings. The third-order valence-electron chi connectivity index (χ3n) is 3.56. The van der Waals surface area contributed by atoms with Gasteiger partial charge in [-0.05, 0) is 18.2 Å². The highest BCUT2D eigenvalue weighted by atomic mass is 16.5. The summed E-state index contributed by atoms with van der Waals surface area (Å²) in [5.41, 5.74) is 7.28. The molecule has 0 bridgehead atoms. The molecular weight excluding hydrogens is 284 g/mol. The number of pyridine rings is 1. The summed E-state index contributed by atoms with van der Waals surface area (Å²) in [6.07, 6.45) is 1.68. The Kier molecular flexibility index (Phi) is 4.72. The molecule has 0 aliphatic heterocycles. The minimum absolute atomic E-state index is 0.146. The van der Waals surface area contributed by atoms with Crippen molar-refractivity contribution in [2.45, 2.75) is 6.04 Å². The average Bonchev–Trinajstić information content (AvgIpc) is 2.55. The normalized spacial score (nSPS) is 11.9. The first-order valence-corrected chi connectivity index (χ1v) is 6.75. The van der Waals surface area contributed by atoms with Crippen LogP contribution < -0.4 is 25.5 Å². The Morgan fingerprint density at radius 3 is 2.27 bits per heavy atom. The molecule has 6 nitrogen and oxygen atoms in total. The molecule has 2 rings (SSSR count). The highest BCUT2D eigenvalue weighted by Gasteiger charge is 2.22. The van der Waals surface area contributed by atoms with E-state index in [1.807, 2.05) is 0 Å². The van der Waals surface area contributed by atoms with E-state index in [1.165, 1.54) is 18.8 Å². The van der Waals surface area contributed by atoms with Crippen molar-refractivity contribution >= 4 is 0 Å². The van der Waals surface area contributed by atoms with Crippen molar-refractivity contribution in [3.05, 3.63) is 51.9 Å². The summed E-state index contributed by atoms with van der Waals surface area (Å²) in [7, 11) is 6.28. The number of rotatable bonds is 5. The van der Waals surface area contributed by atoms with Crippen molar-refractivity contribution < 1.29 is 14.2 Å². The number of hydrogen-bond acceptors (Lipinski definition) is 5. The molecule has 0 amide bonds. The molecule has 0 fully saturated rings. The predicted molar refractivity (Wildman–Crippen MR) is 83.8 cm³/mol. The summed E-state index contributed by atoms with van der Waals surface area (Å²) in [6.45, 7) is 0. The van der Waals surface area contributed by atoms with Crippen LogP contribution in [0.1, 0.15) is 17.2 Å². The molecule has 2 N–H and O–H groups in total. The lowest BCUT2D eigenvalue weighted by Crippen LogP contribution is -2.27. The first-order chi connectivity index (χ1) is 10.5. The summed E-state index contributed by atoms with van der Waals surface area (Å²) < 4.78 is 17.5.